The second-order valence-electron chi connectivity index (χ2n) is 6.11. The maximum Gasteiger partial charge on any atom is 0.246 e. The van der Waals surface area contributed by atoms with E-state index >= 15 is 0 Å². The van der Waals surface area contributed by atoms with E-state index in [1.165, 1.54) is 0 Å². The van der Waals surface area contributed by atoms with E-state index in [2.05, 4.69) is 15.5 Å². The smallest absolute Gasteiger partial charge is 0.246 e. The lowest BCUT2D eigenvalue weighted by atomic mass is 9.86. The molecule has 0 aromatic carbocycles. The predicted molar refractivity (Wildman–Crippen MR) is 70.5 cm³/mol. The Morgan fingerprint density at radius 3 is 2.65 bits per heavy atom. The average molecular weight is 280 g/mol. The highest BCUT2D eigenvalue weighted by molar-refractivity contribution is 5.90. The minimum absolute atomic E-state index is 0.106. The van der Waals surface area contributed by atoms with Crippen LogP contribution in [0.25, 0.3) is 0 Å². The number of aromatic nitrogens is 2. The quantitative estimate of drug-likeness (QED) is 0.859. The number of rotatable bonds is 2. The van der Waals surface area contributed by atoms with Crippen molar-refractivity contribution in [2.24, 2.45) is 5.41 Å². The second-order valence-corrected chi connectivity index (χ2v) is 6.11. The van der Waals surface area contributed by atoms with Gasteiger partial charge in [0.25, 0.3) is 0 Å². The van der Waals surface area contributed by atoms with Gasteiger partial charge in [0.05, 0.1) is 6.54 Å². The van der Waals surface area contributed by atoms with Crippen molar-refractivity contribution < 1.29 is 14.1 Å². The molecule has 1 aliphatic heterocycles. The lowest BCUT2D eigenvalue weighted by Crippen LogP contribution is -2.51. The first-order chi connectivity index (χ1) is 9.27. The molecule has 1 aliphatic rings. The van der Waals surface area contributed by atoms with E-state index in [-0.39, 0.29) is 30.2 Å². The highest BCUT2D eigenvalue weighted by Crippen LogP contribution is 2.23. The van der Waals surface area contributed by atoms with Crippen molar-refractivity contribution in [2.75, 3.05) is 6.54 Å². The first kappa shape index (κ1) is 14.5. The third-order valence-corrected chi connectivity index (χ3v) is 3.24. The summed E-state index contributed by atoms with van der Waals surface area (Å²) >= 11 is 0. The Labute approximate surface area is 117 Å². The molecule has 1 saturated heterocycles. The summed E-state index contributed by atoms with van der Waals surface area (Å²) in [6, 6.07) is -0.537. The van der Waals surface area contributed by atoms with Crippen molar-refractivity contribution >= 4 is 11.8 Å². The number of hydrogen-bond acceptors (Lipinski definition) is 5. The van der Waals surface area contributed by atoms with E-state index in [0.29, 0.717) is 18.3 Å². The number of hydrogen-bond donors (Lipinski definition) is 1. The Balaban J connectivity index is 2.19. The normalized spacial score (nSPS) is 20.8. The van der Waals surface area contributed by atoms with Crippen LogP contribution in [-0.2, 0) is 16.1 Å². The van der Waals surface area contributed by atoms with Crippen molar-refractivity contribution in [1.82, 2.24) is 20.4 Å². The molecule has 2 rings (SSSR count). The SMILES string of the molecule is Cc1nc(CN2CCC(=O)NC(C(C)(C)C)C2=O)no1. The average Bonchev–Trinajstić information content (AvgIpc) is 2.68. The fraction of sp³-hybridized carbons (Fsp3) is 0.692. The summed E-state index contributed by atoms with van der Waals surface area (Å²) in [5, 5.41) is 6.59. The first-order valence-corrected chi connectivity index (χ1v) is 6.64. The van der Waals surface area contributed by atoms with Gasteiger partial charge in [0.15, 0.2) is 5.82 Å². The standard InChI is InChI=1S/C13H20N4O3/c1-8-14-9(16-20-8)7-17-6-5-10(18)15-11(12(17)19)13(2,3)4/h11H,5-7H2,1-4H3,(H,15,18). The highest BCUT2D eigenvalue weighted by Gasteiger charge is 2.38. The lowest BCUT2D eigenvalue weighted by Gasteiger charge is -2.31. The third-order valence-electron chi connectivity index (χ3n) is 3.24. The number of amides is 2. The van der Waals surface area contributed by atoms with Gasteiger partial charge >= 0.3 is 0 Å². The highest BCUT2D eigenvalue weighted by atomic mass is 16.5. The van der Waals surface area contributed by atoms with E-state index in [1.807, 2.05) is 20.8 Å². The van der Waals surface area contributed by atoms with Gasteiger partial charge in [0.1, 0.15) is 6.04 Å². The van der Waals surface area contributed by atoms with Gasteiger partial charge in [-0.2, -0.15) is 4.98 Å². The van der Waals surface area contributed by atoms with Crippen molar-refractivity contribution in [3.8, 4) is 0 Å². The van der Waals surface area contributed by atoms with Gasteiger partial charge in [0.2, 0.25) is 17.7 Å². The van der Waals surface area contributed by atoms with Gasteiger partial charge in [-0.15, -0.1) is 0 Å². The minimum Gasteiger partial charge on any atom is -0.344 e. The summed E-state index contributed by atoms with van der Waals surface area (Å²) in [4.78, 5) is 30.0. The van der Waals surface area contributed by atoms with Gasteiger partial charge in [-0.25, -0.2) is 0 Å². The summed E-state index contributed by atoms with van der Waals surface area (Å²) in [7, 11) is 0. The van der Waals surface area contributed by atoms with Crippen LogP contribution < -0.4 is 5.32 Å². The molecule has 7 nitrogen and oxygen atoms in total. The maximum atomic E-state index is 12.6. The van der Waals surface area contributed by atoms with Crippen LogP contribution in [0.2, 0.25) is 0 Å². The minimum atomic E-state index is -0.537. The van der Waals surface area contributed by atoms with E-state index in [4.69, 9.17) is 4.52 Å². The molecule has 1 atom stereocenters. The lowest BCUT2D eigenvalue weighted by molar-refractivity contribution is -0.137. The fourth-order valence-electron chi connectivity index (χ4n) is 2.14. The van der Waals surface area contributed by atoms with Crippen molar-refractivity contribution in [3.05, 3.63) is 11.7 Å². The van der Waals surface area contributed by atoms with Crippen LogP contribution in [0.1, 0.15) is 38.9 Å². The Bertz CT molecular complexity index is 518. The van der Waals surface area contributed by atoms with Crippen molar-refractivity contribution in [2.45, 2.75) is 46.7 Å². The Hall–Kier alpha value is -1.92. The molecule has 0 aliphatic carbocycles. The molecule has 1 aromatic rings. The molecule has 20 heavy (non-hydrogen) atoms. The molecule has 1 fully saturated rings. The zero-order chi connectivity index (χ0) is 14.9. The van der Waals surface area contributed by atoms with Crippen LogP contribution in [-0.4, -0.2) is 39.4 Å². The molecule has 1 N–H and O–H groups in total. The van der Waals surface area contributed by atoms with Gasteiger partial charge < -0.3 is 14.7 Å². The van der Waals surface area contributed by atoms with E-state index in [1.54, 1.807) is 11.8 Å². The van der Waals surface area contributed by atoms with E-state index < -0.39 is 6.04 Å². The molecule has 0 radical (unpaired) electrons. The topological polar surface area (TPSA) is 88.3 Å². The molecule has 2 amide bonds. The van der Waals surface area contributed by atoms with E-state index in [9.17, 15) is 9.59 Å². The molecule has 7 heteroatoms. The number of nitrogens with zero attached hydrogens (tertiary/aromatic N) is 3. The van der Waals surface area contributed by atoms with Crippen LogP contribution in [0.4, 0.5) is 0 Å². The van der Waals surface area contributed by atoms with Gasteiger partial charge in [-0.3, -0.25) is 9.59 Å². The van der Waals surface area contributed by atoms with Crippen LogP contribution >= 0.6 is 0 Å². The van der Waals surface area contributed by atoms with E-state index in [0.717, 1.165) is 0 Å². The zero-order valence-electron chi connectivity index (χ0n) is 12.3. The summed E-state index contributed by atoms with van der Waals surface area (Å²) in [5.41, 5.74) is -0.345. The Morgan fingerprint density at radius 1 is 1.40 bits per heavy atom. The number of carbonyl (C=O) groups excluding carboxylic acids is 2. The monoisotopic (exact) mass is 280 g/mol. The largest absolute Gasteiger partial charge is 0.344 e. The number of aryl methyl sites for hydroxylation is 1. The fourth-order valence-corrected chi connectivity index (χ4v) is 2.14. The molecule has 0 spiro atoms. The van der Waals surface area contributed by atoms with Crippen LogP contribution in [0.15, 0.2) is 4.52 Å². The van der Waals surface area contributed by atoms with Crippen molar-refractivity contribution in [3.63, 3.8) is 0 Å². The Morgan fingerprint density at radius 2 is 2.10 bits per heavy atom. The molecule has 110 valence electrons. The second kappa shape index (κ2) is 5.22. The summed E-state index contributed by atoms with van der Waals surface area (Å²) < 4.78 is 4.91. The number of carbonyl (C=O) groups is 2. The third kappa shape index (κ3) is 3.15. The summed E-state index contributed by atoms with van der Waals surface area (Å²) in [6.45, 7) is 8.11. The molecule has 0 saturated carbocycles. The molecule has 2 heterocycles. The van der Waals surface area contributed by atoms with Crippen LogP contribution in [0, 0.1) is 12.3 Å². The Kier molecular flexibility index (Phi) is 3.78. The van der Waals surface area contributed by atoms with Crippen LogP contribution in [0.5, 0.6) is 0 Å². The van der Waals surface area contributed by atoms with Gasteiger partial charge in [-0.1, -0.05) is 25.9 Å². The summed E-state index contributed by atoms with van der Waals surface area (Å²) in [6.07, 6.45) is 0.287. The number of nitrogens with one attached hydrogen (secondary N) is 1. The van der Waals surface area contributed by atoms with Gasteiger partial charge in [-0.05, 0) is 5.41 Å². The maximum absolute atomic E-state index is 12.6. The van der Waals surface area contributed by atoms with Crippen molar-refractivity contribution in [1.29, 1.82) is 0 Å². The van der Waals surface area contributed by atoms with Gasteiger partial charge in [0, 0.05) is 19.9 Å². The van der Waals surface area contributed by atoms with Crippen LogP contribution in [0.3, 0.4) is 0 Å². The molecular weight excluding hydrogens is 260 g/mol. The zero-order valence-corrected chi connectivity index (χ0v) is 12.3. The predicted octanol–water partition coefficient (Wildman–Crippen LogP) is 0.641. The molecular formula is C13H20N4O3. The molecule has 1 aromatic heterocycles. The molecule has 0 bridgehead atoms. The first-order valence-electron chi connectivity index (χ1n) is 6.64. The molecule has 1 unspecified atom stereocenters. The summed E-state index contributed by atoms with van der Waals surface area (Å²) in [5.74, 6) is 0.706.